The minimum Gasteiger partial charge on any atom is -0.507 e. The largest absolute Gasteiger partial charge is 0.507 e. The number of carbonyl (C=O) groups is 2. The second kappa shape index (κ2) is 9.48. The number of Topliss-reactive ketones (excluding diaryl/α,β-unsaturated/α-hetero) is 1. The molecule has 0 aliphatic carbocycles. The SMILES string of the molecule is CCCCCN1C(=O)C(=O)/C(=C(\O)c2cccc(Cl)c2)C1c1ccc(C(C)C)cc1. The van der Waals surface area contributed by atoms with Crippen LogP contribution in [0.3, 0.4) is 0 Å². The maximum Gasteiger partial charge on any atom is 0.295 e. The van der Waals surface area contributed by atoms with E-state index < -0.39 is 17.7 Å². The fraction of sp³-hybridized carbons (Fsp3) is 0.360. The first kappa shape index (κ1) is 22.1. The topological polar surface area (TPSA) is 57.6 Å². The zero-order chi connectivity index (χ0) is 21.8. The van der Waals surface area contributed by atoms with Gasteiger partial charge in [0.1, 0.15) is 5.76 Å². The molecule has 1 amide bonds. The number of nitrogens with zero attached hydrogens (tertiary/aromatic N) is 1. The highest BCUT2D eigenvalue weighted by molar-refractivity contribution is 6.46. The van der Waals surface area contributed by atoms with E-state index in [2.05, 4.69) is 20.8 Å². The first-order chi connectivity index (χ1) is 14.3. The molecule has 1 saturated heterocycles. The van der Waals surface area contributed by atoms with E-state index in [0.29, 0.717) is 23.0 Å². The standard InChI is InChI=1S/C25H28ClNO3/c1-4-5-6-14-27-22(18-12-10-17(11-13-18)16(2)3)21(24(29)25(27)30)23(28)19-8-7-9-20(26)15-19/h7-13,15-16,22,28H,4-6,14H2,1-3H3/b23-21-. The van der Waals surface area contributed by atoms with E-state index in [0.717, 1.165) is 24.8 Å². The van der Waals surface area contributed by atoms with Gasteiger partial charge in [0.05, 0.1) is 11.6 Å². The number of ketones is 1. The number of carbonyl (C=O) groups excluding carboxylic acids is 2. The predicted molar refractivity (Wildman–Crippen MR) is 121 cm³/mol. The fourth-order valence-corrected chi connectivity index (χ4v) is 4.03. The Hall–Kier alpha value is -2.59. The number of halogens is 1. The molecule has 1 N–H and O–H groups in total. The Morgan fingerprint density at radius 1 is 1.10 bits per heavy atom. The van der Waals surface area contributed by atoms with Gasteiger partial charge in [0.2, 0.25) is 0 Å². The van der Waals surface area contributed by atoms with E-state index in [9.17, 15) is 14.7 Å². The van der Waals surface area contributed by atoms with Gasteiger partial charge < -0.3 is 10.0 Å². The highest BCUT2D eigenvalue weighted by atomic mass is 35.5. The molecule has 1 unspecified atom stereocenters. The van der Waals surface area contributed by atoms with Crippen LogP contribution in [0.5, 0.6) is 0 Å². The lowest BCUT2D eigenvalue weighted by molar-refractivity contribution is -0.139. The van der Waals surface area contributed by atoms with E-state index in [1.54, 1.807) is 29.2 Å². The minimum absolute atomic E-state index is 0.121. The third kappa shape index (κ3) is 4.44. The van der Waals surface area contributed by atoms with Crippen molar-refractivity contribution in [3.05, 3.63) is 75.8 Å². The van der Waals surface area contributed by atoms with Crippen LogP contribution in [-0.4, -0.2) is 28.2 Å². The Bertz CT molecular complexity index is 963. The van der Waals surface area contributed by atoms with Gasteiger partial charge in [-0.05, 0) is 35.6 Å². The molecule has 0 saturated carbocycles. The number of hydrogen-bond donors (Lipinski definition) is 1. The van der Waals surface area contributed by atoms with Crippen LogP contribution in [0.2, 0.25) is 5.02 Å². The molecule has 30 heavy (non-hydrogen) atoms. The summed E-state index contributed by atoms with van der Waals surface area (Å²) in [5.74, 6) is -1.03. The van der Waals surface area contributed by atoms with E-state index in [4.69, 9.17) is 11.6 Å². The van der Waals surface area contributed by atoms with Crippen molar-refractivity contribution < 1.29 is 14.7 Å². The summed E-state index contributed by atoms with van der Waals surface area (Å²) in [7, 11) is 0. The molecule has 2 aromatic carbocycles. The summed E-state index contributed by atoms with van der Waals surface area (Å²) in [6.45, 7) is 6.80. The Kier molecular flexibility index (Phi) is 6.99. The summed E-state index contributed by atoms with van der Waals surface area (Å²) >= 11 is 6.08. The number of aliphatic hydroxyl groups excluding tert-OH is 1. The molecule has 3 rings (SSSR count). The Labute approximate surface area is 183 Å². The van der Waals surface area contributed by atoms with Gasteiger partial charge >= 0.3 is 0 Å². The van der Waals surface area contributed by atoms with Gasteiger partial charge in [0.15, 0.2) is 0 Å². The summed E-state index contributed by atoms with van der Waals surface area (Å²) in [4.78, 5) is 27.4. The second-order valence-corrected chi connectivity index (χ2v) is 8.47. The number of amides is 1. The van der Waals surface area contributed by atoms with Crippen LogP contribution in [0.1, 0.15) is 68.7 Å². The van der Waals surface area contributed by atoms with Crippen LogP contribution in [0.4, 0.5) is 0 Å². The van der Waals surface area contributed by atoms with Crippen molar-refractivity contribution in [2.75, 3.05) is 6.54 Å². The molecule has 5 heteroatoms. The van der Waals surface area contributed by atoms with Gasteiger partial charge in [-0.3, -0.25) is 9.59 Å². The average Bonchev–Trinajstić information content (AvgIpc) is 2.98. The Balaban J connectivity index is 2.11. The lowest BCUT2D eigenvalue weighted by Crippen LogP contribution is -2.30. The normalized spacial score (nSPS) is 18.4. The zero-order valence-electron chi connectivity index (χ0n) is 17.7. The van der Waals surface area contributed by atoms with Gasteiger partial charge in [0, 0.05) is 17.1 Å². The Morgan fingerprint density at radius 2 is 1.80 bits per heavy atom. The maximum atomic E-state index is 13.0. The first-order valence-corrected chi connectivity index (χ1v) is 10.9. The van der Waals surface area contributed by atoms with Crippen LogP contribution in [0.15, 0.2) is 54.1 Å². The van der Waals surface area contributed by atoms with Crippen molar-refractivity contribution in [2.45, 2.75) is 52.0 Å². The fourth-order valence-electron chi connectivity index (χ4n) is 3.84. The van der Waals surface area contributed by atoms with Gasteiger partial charge in [-0.2, -0.15) is 0 Å². The molecular formula is C25H28ClNO3. The molecule has 2 aromatic rings. The Morgan fingerprint density at radius 3 is 2.40 bits per heavy atom. The number of likely N-dealkylation sites (tertiary alicyclic amines) is 1. The highest BCUT2D eigenvalue weighted by Crippen LogP contribution is 2.40. The number of aliphatic hydroxyl groups is 1. The van der Waals surface area contributed by atoms with E-state index >= 15 is 0 Å². The number of unbranched alkanes of at least 4 members (excludes halogenated alkanes) is 2. The lowest BCUT2D eigenvalue weighted by Gasteiger charge is -2.25. The summed E-state index contributed by atoms with van der Waals surface area (Å²) in [5, 5.41) is 11.5. The number of benzene rings is 2. The van der Waals surface area contributed by atoms with Gasteiger partial charge in [0.25, 0.3) is 11.7 Å². The molecule has 158 valence electrons. The smallest absolute Gasteiger partial charge is 0.295 e. The van der Waals surface area contributed by atoms with Crippen molar-refractivity contribution in [3.63, 3.8) is 0 Å². The number of rotatable bonds is 7. The van der Waals surface area contributed by atoms with Crippen molar-refractivity contribution in [1.29, 1.82) is 0 Å². The van der Waals surface area contributed by atoms with Crippen molar-refractivity contribution in [1.82, 2.24) is 4.90 Å². The summed E-state index contributed by atoms with van der Waals surface area (Å²) in [6.07, 6.45) is 2.79. The van der Waals surface area contributed by atoms with Gasteiger partial charge in [-0.25, -0.2) is 0 Å². The van der Waals surface area contributed by atoms with Crippen LogP contribution in [-0.2, 0) is 9.59 Å². The van der Waals surface area contributed by atoms with Crippen molar-refractivity contribution in [2.24, 2.45) is 0 Å². The van der Waals surface area contributed by atoms with E-state index in [1.165, 1.54) is 5.56 Å². The lowest BCUT2D eigenvalue weighted by atomic mass is 9.93. The van der Waals surface area contributed by atoms with Gasteiger partial charge in [-0.1, -0.05) is 81.6 Å². The molecule has 0 bridgehead atoms. The minimum atomic E-state index is -0.651. The van der Waals surface area contributed by atoms with Crippen LogP contribution >= 0.6 is 11.6 Å². The predicted octanol–water partition coefficient (Wildman–Crippen LogP) is 6.08. The van der Waals surface area contributed by atoms with Crippen molar-refractivity contribution in [3.8, 4) is 0 Å². The molecular weight excluding hydrogens is 398 g/mol. The van der Waals surface area contributed by atoms with Crippen LogP contribution in [0, 0.1) is 0 Å². The molecule has 1 atom stereocenters. The summed E-state index contributed by atoms with van der Waals surface area (Å²) < 4.78 is 0. The van der Waals surface area contributed by atoms with E-state index in [-0.39, 0.29) is 11.3 Å². The molecule has 0 spiro atoms. The molecule has 0 aromatic heterocycles. The zero-order valence-corrected chi connectivity index (χ0v) is 18.4. The molecule has 4 nitrogen and oxygen atoms in total. The summed E-state index contributed by atoms with van der Waals surface area (Å²) in [5.41, 5.74) is 2.55. The van der Waals surface area contributed by atoms with Gasteiger partial charge in [-0.15, -0.1) is 0 Å². The van der Waals surface area contributed by atoms with Crippen molar-refractivity contribution >= 4 is 29.1 Å². The maximum absolute atomic E-state index is 13.0. The highest BCUT2D eigenvalue weighted by Gasteiger charge is 2.45. The summed E-state index contributed by atoms with van der Waals surface area (Å²) in [6, 6.07) is 14.0. The molecule has 1 fully saturated rings. The quantitative estimate of drug-likeness (QED) is 0.253. The van der Waals surface area contributed by atoms with Crippen LogP contribution in [0.25, 0.3) is 5.76 Å². The first-order valence-electron chi connectivity index (χ1n) is 10.5. The monoisotopic (exact) mass is 425 g/mol. The number of hydrogen-bond acceptors (Lipinski definition) is 3. The van der Waals surface area contributed by atoms with E-state index in [1.807, 2.05) is 24.3 Å². The molecule has 1 aliphatic rings. The second-order valence-electron chi connectivity index (χ2n) is 8.03. The third-order valence-corrected chi connectivity index (χ3v) is 5.79. The average molecular weight is 426 g/mol. The third-order valence-electron chi connectivity index (χ3n) is 5.56. The molecule has 1 aliphatic heterocycles. The molecule has 1 heterocycles. The molecule has 0 radical (unpaired) electrons. The van der Waals surface area contributed by atoms with Crippen LogP contribution < -0.4 is 0 Å².